The summed E-state index contributed by atoms with van der Waals surface area (Å²) in [7, 11) is 6.14. The van der Waals surface area contributed by atoms with Crippen molar-refractivity contribution in [3.8, 4) is 0 Å². The Morgan fingerprint density at radius 3 is 2.42 bits per heavy atom. The molecule has 3 N–H and O–H groups in total. The normalized spacial score (nSPS) is 14.3. The maximum Gasteiger partial charge on any atom is 0.231 e. The Hall–Kier alpha value is -4.02. The van der Waals surface area contributed by atoms with Crippen LogP contribution >= 0.6 is 0 Å². The number of carbonyl (C=O) groups excluding carboxylic acids is 1. The van der Waals surface area contributed by atoms with Gasteiger partial charge in [0.2, 0.25) is 5.95 Å². The van der Waals surface area contributed by atoms with Crippen molar-refractivity contribution in [1.82, 2.24) is 24.8 Å². The van der Waals surface area contributed by atoms with E-state index < -0.39 is 0 Å². The van der Waals surface area contributed by atoms with E-state index in [4.69, 9.17) is 4.98 Å². The Labute approximate surface area is 221 Å². The molecule has 198 valence electrons. The average molecular weight is 517 g/mol. The second kappa shape index (κ2) is 11.2. The van der Waals surface area contributed by atoms with Crippen molar-refractivity contribution in [3.63, 3.8) is 0 Å². The van der Waals surface area contributed by atoms with Crippen LogP contribution in [0.25, 0.3) is 11.0 Å². The van der Waals surface area contributed by atoms with E-state index in [-0.39, 0.29) is 11.6 Å². The van der Waals surface area contributed by atoms with E-state index in [0.717, 1.165) is 38.4 Å². The van der Waals surface area contributed by atoms with E-state index in [1.54, 1.807) is 6.20 Å². The number of hydrogen-bond donors (Lipinski definition) is 3. The first-order valence-electron chi connectivity index (χ1n) is 12.8. The number of H-pyrrole nitrogens is 1. The van der Waals surface area contributed by atoms with Crippen molar-refractivity contribution in [1.29, 1.82) is 0 Å². The lowest BCUT2D eigenvalue weighted by atomic mass is 10.0. The van der Waals surface area contributed by atoms with Gasteiger partial charge in [0, 0.05) is 62.4 Å². The number of halogens is 1. The summed E-state index contributed by atoms with van der Waals surface area (Å²) < 4.78 is 13.4. The summed E-state index contributed by atoms with van der Waals surface area (Å²) >= 11 is 0. The van der Waals surface area contributed by atoms with Crippen molar-refractivity contribution in [3.05, 3.63) is 71.7 Å². The number of aromatic nitrogens is 3. The quantitative estimate of drug-likeness (QED) is 0.290. The van der Waals surface area contributed by atoms with Gasteiger partial charge >= 0.3 is 0 Å². The van der Waals surface area contributed by atoms with Crippen LogP contribution in [0.5, 0.6) is 0 Å². The van der Waals surface area contributed by atoms with Gasteiger partial charge in [0.05, 0.1) is 10.9 Å². The van der Waals surface area contributed by atoms with Crippen molar-refractivity contribution >= 4 is 40.0 Å². The van der Waals surface area contributed by atoms with Gasteiger partial charge in [-0.2, -0.15) is 9.97 Å². The van der Waals surface area contributed by atoms with Crippen molar-refractivity contribution in [2.45, 2.75) is 0 Å². The van der Waals surface area contributed by atoms with Gasteiger partial charge in [-0.15, -0.1) is 0 Å². The molecule has 4 aromatic rings. The molecule has 0 saturated carbocycles. The van der Waals surface area contributed by atoms with Gasteiger partial charge in [-0.25, -0.2) is 4.39 Å². The first kappa shape index (κ1) is 25.6. The molecule has 1 aliphatic heterocycles. The second-order valence-electron chi connectivity index (χ2n) is 9.85. The number of anilines is 4. The molecule has 9 nitrogen and oxygen atoms in total. The van der Waals surface area contributed by atoms with Gasteiger partial charge in [-0.3, -0.25) is 4.79 Å². The summed E-state index contributed by atoms with van der Waals surface area (Å²) in [6.07, 6.45) is 1.64. The molecule has 38 heavy (non-hydrogen) atoms. The lowest BCUT2D eigenvalue weighted by molar-refractivity contribution is 0.104. The number of nitrogens with zero attached hydrogens (tertiary/aromatic N) is 5. The molecule has 0 unspecified atom stereocenters. The maximum atomic E-state index is 13.4. The van der Waals surface area contributed by atoms with Crippen LogP contribution in [-0.4, -0.2) is 90.9 Å². The Morgan fingerprint density at radius 1 is 1.03 bits per heavy atom. The molecule has 3 heterocycles. The number of ketones is 1. The van der Waals surface area contributed by atoms with E-state index in [1.807, 2.05) is 26.2 Å². The van der Waals surface area contributed by atoms with E-state index in [1.165, 1.54) is 30.0 Å². The van der Waals surface area contributed by atoms with Crippen LogP contribution in [0.15, 0.2) is 54.7 Å². The number of benzene rings is 2. The van der Waals surface area contributed by atoms with Crippen LogP contribution in [-0.2, 0) is 0 Å². The molecule has 2 aromatic heterocycles. The monoisotopic (exact) mass is 516 g/mol. The molecule has 0 spiro atoms. The van der Waals surface area contributed by atoms with E-state index >= 15 is 0 Å². The molecular weight excluding hydrogens is 483 g/mol. The van der Waals surface area contributed by atoms with Gasteiger partial charge in [-0.05, 0) is 69.7 Å². The highest BCUT2D eigenvalue weighted by atomic mass is 19.1. The van der Waals surface area contributed by atoms with Gasteiger partial charge in [0.1, 0.15) is 17.3 Å². The number of piperazine rings is 1. The van der Waals surface area contributed by atoms with E-state index in [9.17, 15) is 9.18 Å². The fourth-order valence-electron chi connectivity index (χ4n) is 4.50. The third kappa shape index (κ3) is 5.76. The molecular formula is C28H33FN8O. The van der Waals surface area contributed by atoms with Crippen LogP contribution in [0.1, 0.15) is 15.9 Å². The summed E-state index contributed by atoms with van der Waals surface area (Å²) in [5.74, 6) is 0.359. The minimum atomic E-state index is -0.387. The second-order valence-corrected chi connectivity index (χ2v) is 9.85. The average Bonchev–Trinajstić information content (AvgIpc) is 3.34. The minimum absolute atomic E-state index is 0.226. The minimum Gasteiger partial charge on any atom is -0.369 e. The van der Waals surface area contributed by atoms with Gasteiger partial charge in [0.25, 0.3) is 0 Å². The first-order chi connectivity index (χ1) is 18.4. The van der Waals surface area contributed by atoms with Crippen molar-refractivity contribution in [2.75, 3.05) is 75.9 Å². The summed E-state index contributed by atoms with van der Waals surface area (Å²) in [6.45, 7) is 5.55. The standard InChI is InChI=1S/C28H33FN8O/c1-35(2)13-12-30-26-24-23(25(38)19-4-6-20(29)7-5-19)18-31-27(24)34-28(33-26)32-21-8-10-22(11-9-21)37-16-14-36(3)15-17-37/h4-11,18H,12-17H2,1-3H3,(H3,30,31,32,33,34). The summed E-state index contributed by atoms with van der Waals surface area (Å²) in [4.78, 5) is 32.6. The highest BCUT2D eigenvalue weighted by molar-refractivity contribution is 6.18. The van der Waals surface area contributed by atoms with Crippen LogP contribution in [0, 0.1) is 5.82 Å². The first-order valence-corrected chi connectivity index (χ1v) is 12.8. The van der Waals surface area contributed by atoms with E-state index in [0.29, 0.717) is 40.5 Å². The van der Waals surface area contributed by atoms with Crippen LogP contribution in [0.2, 0.25) is 0 Å². The number of fused-ring (bicyclic) bond motifs is 1. The molecule has 5 rings (SSSR count). The number of aromatic amines is 1. The zero-order valence-corrected chi connectivity index (χ0v) is 22.0. The van der Waals surface area contributed by atoms with Crippen LogP contribution in [0.3, 0.4) is 0 Å². The van der Waals surface area contributed by atoms with Gasteiger partial charge in [0.15, 0.2) is 5.78 Å². The third-order valence-corrected chi connectivity index (χ3v) is 6.73. The largest absolute Gasteiger partial charge is 0.369 e. The number of hydrogen-bond acceptors (Lipinski definition) is 8. The SMILES string of the molecule is CN(C)CCNc1nc(Nc2ccc(N3CCN(C)CC3)cc2)nc2[nH]cc(C(=O)c3ccc(F)cc3)c12. The smallest absolute Gasteiger partial charge is 0.231 e. The highest BCUT2D eigenvalue weighted by Crippen LogP contribution is 2.29. The zero-order valence-electron chi connectivity index (χ0n) is 22.0. The highest BCUT2D eigenvalue weighted by Gasteiger charge is 2.20. The molecule has 10 heteroatoms. The number of carbonyl (C=O) groups is 1. The topological polar surface area (TPSA) is 92.4 Å². The van der Waals surface area contributed by atoms with Gasteiger partial charge < -0.3 is 30.3 Å². The molecule has 1 aliphatic rings. The maximum absolute atomic E-state index is 13.4. The molecule has 0 aliphatic carbocycles. The molecule has 2 aromatic carbocycles. The van der Waals surface area contributed by atoms with Crippen LogP contribution < -0.4 is 15.5 Å². The Kier molecular flexibility index (Phi) is 7.52. The number of nitrogens with one attached hydrogen (secondary N) is 3. The summed E-state index contributed by atoms with van der Waals surface area (Å²) in [6, 6.07) is 13.8. The zero-order chi connectivity index (χ0) is 26.6. The van der Waals surface area contributed by atoms with Crippen molar-refractivity contribution in [2.24, 2.45) is 0 Å². The molecule has 1 saturated heterocycles. The summed E-state index contributed by atoms with van der Waals surface area (Å²) in [5, 5.41) is 7.28. The molecule has 0 amide bonds. The fraction of sp³-hybridized carbons (Fsp3) is 0.321. The Morgan fingerprint density at radius 2 is 1.74 bits per heavy atom. The molecule has 0 atom stereocenters. The lowest BCUT2D eigenvalue weighted by Gasteiger charge is -2.34. The lowest BCUT2D eigenvalue weighted by Crippen LogP contribution is -2.44. The Bertz CT molecular complexity index is 1390. The fourth-order valence-corrected chi connectivity index (χ4v) is 4.50. The predicted octanol–water partition coefficient (Wildman–Crippen LogP) is 3.80. The Balaban J connectivity index is 1.42. The number of likely N-dealkylation sites (N-methyl/N-ethyl adjacent to an activating group) is 2. The van der Waals surface area contributed by atoms with E-state index in [2.05, 4.69) is 54.5 Å². The third-order valence-electron chi connectivity index (χ3n) is 6.73. The molecule has 0 radical (unpaired) electrons. The molecule has 0 bridgehead atoms. The predicted molar refractivity (Wildman–Crippen MR) is 150 cm³/mol. The number of rotatable bonds is 9. The van der Waals surface area contributed by atoms with Crippen molar-refractivity contribution < 1.29 is 9.18 Å². The van der Waals surface area contributed by atoms with Crippen LogP contribution in [0.4, 0.5) is 27.5 Å². The van der Waals surface area contributed by atoms with Gasteiger partial charge in [-0.1, -0.05) is 0 Å². The molecule has 1 fully saturated rings. The summed E-state index contributed by atoms with van der Waals surface area (Å²) in [5.41, 5.74) is 3.43.